The van der Waals surface area contributed by atoms with E-state index in [2.05, 4.69) is 13.0 Å². The van der Waals surface area contributed by atoms with Crippen molar-refractivity contribution < 1.29 is 28.5 Å². The highest BCUT2D eigenvalue weighted by molar-refractivity contribution is 5.76. The van der Waals surface area contributed by atoms with Gasteiger partial charge in [-0.25, -0.2) is 0 Å². The van der Waals surface area contributed by atoms with Gasteiger partial charge in [0.15, 0.2) is 0 Å². The van der Waals surface area contributed by atoms with E-state index in [4.69, 9.17) is 18.9 Å². The molecule has 6 heteroatoms. The minimum atomic E-state index is -0.440. The molecule has 0 aromatic heterocycles. The Morgan fingerprint density at radius 1 is 1.46 bits per heavy atom. The lowest BCUT2D eigenvalue weighted by Crippen LogP contribution is -2.41. The molecule has 0 aromatic rings. The molecule has 0 bridgehead atoms. The van der Waals surface area contributed by atoms with E-state index in [1.54, 1.807) is 7.11 Å². The number of esters is 2. The van der Waals surface area contributed by atoms with Gasteiger partial charge in [-0.1, -0.05) is 11.6 Å². The summed E-state index contributed by atoms with van der Waals surface area (Å²) in [6, 6.07) is 0. The second kappa shape index (κ2) is 6.48. The molecular weight excluding hydrogens is 312 g/mol. The zero-order chi connectivity index (χ0) is 17.5. The largest absolute Gasteiger partial charge is 0.462 e. The zero-order valence-electron chi connectivity index (χ0n) is 14.7. The third-order valence-corrected chi connectivity index (χ3v) is 5.39. The van der Waals surface area contributed by atoms with E-state index < -0.39 is 18.1 Å². The molecule has 3 rings (SSSR count). The normalized spacial score (nSPS) is 43.8. The van der Waals surface area contributed by atoms with Crippen LogP contribution in [0.15, 0.2) is 11.6 Å². The quantitative estimate of drug-likeness (QED) is 0.445. The Morgan fingerprint density at radius 2 is 2.21 bits per heavy atom. The van der Waals surface area contributed by atoms with Crippen LogP contribution >= 0.6 is 0 Å². The average molecular weight is 338 g/mol. The van der Waals surface area contributed by atoms with Crippen molar-refractivity contribution in [3.8, 4) is 0 Å². The SMILES string of the molecule is COCC1C(=O)OC2C1C(OC(C)=O)C/C(C)=C/CCC1(C)OC21. The Kier molecular flexibility index (Phi) is 4.71. The molecule has 0 aromatic carbocycles. The fraction of sp³-hybridized carbons (Fsp3) is 0.778. The molecular formula is C18H26O6. The summed E-state index contributed by atoms with van der Waals surface area (Å²) in [5.41, 5.74) is 0.873. The smallest absolute Gasteiger partial charge is 0.312 e. The first-order valence-electron chi connectivity index (χ1n) is 8.56. The van der Waals surface area contributed by atoms with Crippen LogP contribution in [0.1, 0.15) is 40.0 Å². The molecule has 3 aliphatic rings. The maximum atomic E-state index is 12.4. The molecule has 2 aliphatic heterocycles. The van der Waals surface area contributed by atoms with E-state index in [-0.39, 0.29) is 36.2 Å². The molecule has 24 heavy (non-hydrogen) atoms. The van der Waals surface area contributed by atoms with Crippen LogP contribution in [-0.4, -0.2) is 49.6 Å². The van der Waals surface area contributed by atoms with Crippen molar-refractivity contribution in [1.82, 2.24) is 0 Å². The lowest BCUT2D eigenvalue weighted by Gasteiger charge is -2.30. The summed E-state index contributed by atoms with van der Waals surface area (Å²) in [5, 5.41) is 0. The molecule has 0 spiro atoms. The van der Waals surface area contributed by atoms with Gasteiger partial charge in [0.1, 0.15) is 18.3 Å². The first kappa shape index (κ1) is 17.4. The van der Waals surface area contributed by atoms with Crippen LogP contribution in [0, 0.1) is 11.8 Å². The van der Waals surface area contributed by atoms with Gasteiger partial charge in [-0.15, -0.1) is 0 Å². The van der Waals surface area contributed by atoms with Gasteiger partial charge in [-0.2, -0.15) is 0 Å². The van der Waals surface area contributed by atoms with Crippen molar-refractivity contribution in [2.45, 2.75) is 63.9 Å². The molecule has 6 atom stereocenters. The highest BCUT2D eigenvalue weighted by atomic mass is 16.7. The molecule has 2 fully saturated rings. The van der Waals surface area contributed by atoms with E-state index in [0.29, 0.717) is 6.42 Å². The predicted octanol–water partition coefficient (Wildman–Crippen LogP) is 2.01. The Labute approximate surface area is 142 Å². The van der Waals surface area contributed by atoms with Gasteiger partial charge >= 0.3 is 11.9 Å². The molecule has 6 nitrogen and oxygen atoms in total. The monoisotopic (exact) mass is 338 g/mol. The van der Waals surface area contributed by atoms with Gasteiger partial charge in [0.05, 0.1) is 24.0 Å². The molecule has 0 saturated carbocycles. The van der Waals surface area contributed by atoms with Gasteiger partial charge in [-0.05, 0) is 26.7 Å². The molecule has 1 aliphatic carbocycles. The summed E-state index contributed by atoms with van der Waals surface area (Å²) in [7, 11) is 1.56. The van der Waals surface area contributed by atoms with Crippen molar-refractivity contribution in [1.29, 1.82) is 0 Å². The summed E-state index contributed by atoms with van der Waals surface area (Å²) < 4.78 is 22.4. The Bertz CT molecular complexity index is 556. The Hall–Kier alpha value is -1.40. The van der Waals surface area contributed by atoms with Crippen molar-refractivity contribution in [2.24, 2.45) is 11.8 Å². The Morgan fingerprint density at radius 3 is 2.88 bits per heavy atom. The minimum Gasteiger partial charge on any atom is -0.462 e. The zero-order valence-corrected chi connectivity index (χ0v) is 14.7. The van der Waals surface area contributed by atoms with Crippen molar-refractivity contribution >= 4 is 11.9 Å². The number of carbonyl (C=O) groups excluding carboxylic acids is 2. The van der Waals surface area contributed by atoms with E-state index in [0.717, 1.165) is 18.4 Å². The van der Waals surface area contributed by atoms with Crippen LogP contribution in [0.2, 0.25) is 0 Å². The van der Waals surface area contributed by atoms with Crippen molar-refractivity contribution in [3.05, 3.63) is 11.6 Å². The fourth-order valence-electron chi connectivity index (χ4n) is 4.13. The van der Waals surface area contributed by atoms with E-state index in [1.165, 1.54) is 6.92 Å². The number of carbonyl (C=O) groups is 2. The second-order valence-corrected chi connectivity index (χ2v) is 7.33. The van der Waals surface area contributed by atoms with Crippen molar-refractivity contribution in [2.75, 3.05) is 13.7 Å². The lowest BCUT2D eigenvalue weighted by molar-refractivity contribution is -0.151. The maximum Gasteiger partial charge on any atom is 0.312 e. The van der Waals surface area contributed by atoms with Gasteiger partial charge < -0.3 is 18.9 Å². The first-order valence-corrected chi connectivity index (χ1v) is 8.56. The number of allylic oxidation sites excluding steroid dienone is 1. The van der Waals surface area contributed by atoms with Crippen LogP contribution in [-0.2, 0) is 28.5 Å². The molecule has 2 saturated heterocycles. The van der Waals surface area contributed by atoms with Crippen LogP contribution in [0.3, 0.4) is 0 Å². The predicted molar refractivity (Wildman–Crippen MR) is 85.2 cm³/mol. The molecule has 0 N–H and O–H groups in total. The maximum absolute atomic E-state index is 12.4. The third kappa shape index (κ3) is 3.22. The van der Waals surface area contributed by atoms with Gasteiger partial charge in [0, 0.05) is 20.5 Å². The van der Waals surface area contributed by atoms with Gasteiger partial charge in [-0.3, -0.25) is 9.59 Å². The third-order valence-electron chi connectivity index (χ3n) is 5.39. The summed E-state index contributed by atoms with van der Waals surface area (Å²) in [4.78, 5) is 24.0. The molecule has 0 radical (unpaired) electrons. The van der Waals surface area contributed by atoms with Crippen molar-refractivity contribution in [3.63, 3.8) is 0 Å². The highest BCUT2D eigenvalue weighted by Gasteiger charge is 2.64. The second-order valence-electron chi connectivity index (χ2n) is 7.33. The van der Waals surface area contributed by atoms with E-state index >= 15 is 0 Å². The molecule has 6 unspecified atom stereocenters. The molecule has 2 heterocycles. The average Bonchev–Trinajstić information content (AvgIpc) is 3.04. The molecule has 0 amide bonds. The summed E-state index contributed by atoms with van der Waals surface area (Å²) in [6.07, 6.45) is 3.62. The fourth-order valence-corrected chi connectivity index (χ4v) is 4.13. The van der Waals surface area contributed by atoms with Crippen LogP contribution in [0.25, 0.3) is 0 Å². The number of ether oxygens (including phenoxy) is 4. The topological polar surface area (TPSA) is 74.4 Å². The standard InChI is InChI=1S/C18H26O6/c1-10-6-5-7-18(3)16(24-18)15-14(13(8-10)22-11(2)19)12(9-21-4)17(20)23-15/h6,12-16H,5,7-9H2,1-4H3/b10-6+. The van der Waals surface area contributed by atoms with Gasteiger partial charge in [0.25, 0.3) is 0 Å². The minimum absolute atomic E-state index is 0.141. The number of rotatable bonds is 3. The Balaban J connectivity index is 1.96. The van der Waals surface area contributed by atoms with Crippen LogP contribution in [0.4, 0.5) is 0 Å². The van der Waals surface area contributed by atoms with Crippen LogP contribution < -0.4 is 0 Å². The summed E-state index contributed by atoms with van der Waals surface area (Å²) in [5.74, 6) is -1.33. The summed E-state index contributed by atoms with van der Waals surface area (Å²) in [6.45, 7) is 5.74. The summed E-state index contributed by atoms with van der Waals surface area (Å²) >= 11 is 0. The van der Waals surface area contributed by atoms with E-state index in [9.17, 15) is 9.59 Å². The highest BCUT2D eigenvalue weighted by Crippen LogP contribution is 2.50. The number of fused-ring (bicyclic) bond motifs is 3. The van der Waals surface area contributed by atoms with E-state index in [1.807, 2.05) is 6.92 Å². The first-order chi connectivity index (χ1) is 11.4. The van der Waals surface area contributed by atoms with Crippen LogP contribution in [0.5, 0.6) is 0 Å². The molecule has 134 valence electrons. The number of hydrogen-bond donors (Lipinski definition) is 0. The number of hydrogen-bond acceptors (Lipinski definition) is 6. The number of methoxy groups -OCH3 is 1. The lowest BCUT2D eigenvalue weighted by atomic mass is 9.79. The number of epoxide rings is 1. The van der Waals surface area contributed by atoms with Gasteiger partial charge in [0.2, 0.25) is 0 Å².